The molecule has 1 heterocycles. The summed E-state index contributed by atoms with van der Waals surface area (Å²) in [5.41, 5.74) is 4.62. The van der Waals surface area contributed by atoms with Crippen LogP contribution in [0.25, 0.3) is 0 Å². The molecule has 2 rings (SSSR count). The minimum absolute atomic E-state index is 0.579. The molecule has 0 saturated carbocycles. The topological polar surface area (TPSA) is 79.1 Å². The van der Waals surface area contributed by atoms with E-state index in [1.54, 1.807) is 6.07 Å². The highest BCUT2D eigenvalue weighted by Gasteiger charge is 2.04. The summed E-state index contributed by atoms with van der Waals surface area (Å²) in [4.78, 5) is 10.7. The fourth-order valence-corrected chi connectivity index (χ4v) is 2.04. The van der Waals surface area contributed by atoms with Crippen LogP contribution in [0.1, 0.15) is 0 Å². The molecule has 4 N–H and O–H groups in total. The molecule has 1 aromatic carbocycles. The van der Waals surface area contributed by atoms with Crippen LogP contribution in [0, 0.1) is 0 Å². The van der Waals surface area contributed by atoms with Crippen molar-refractivity contribution in [2.24, 2.45) is 5.84 Å². The maximum atomic E-state index is 5.42. The number of aromatic nitrogens is 2. The van der Waals surface area contributed by atoms with Gasteiger partial charge in [-0.15, -0.1) is 0 Å². The zero-order valence-corrected chi connectivity index (χ0v) is 12.5. The Hall–Kier alpha value is -1.99. The molecule has 0 amide bonds. The van der Waals surface area contributed by atoms with Gasteiger partial charge in [-0.1, -0.05) is 17.8 Å². The molecule has 0 aliphatic heterocycles. The van der Waals surface area contributed by atoms with Gasteiger partial charge in [0, 0.05) is 31.5 Å². The van der Waals surface area contributed by atoms with Gasteiger partial charge in [-0.25, -0.2) is 15.8 Å². The Balaban J connectivity index is 2.27. The molecule has 2 aromatic rings. The van der Waals surface area contributed by atoms with E-state index < -0.39 is 0 Å². The second-order valence-corrected chi connectivity index (χ2v) is 5.11. The molecule has 0 saturated heterocycles. The van der Waals surface area contributed by atoms with Gasteiger partial charge >= 0.3 is 0 Å². The number of anilines is 4. The molecule has 0 atom stereocenters. The fraction of sp³-hybridized carbons (Fsp3) is 0.231. The fourth-order valence-electron chi connectivity index (χ4n) is 1.66. The second-order valence-electron chi connectivity index (χ2n) is 4.34. The summed E-state index contributed by atoms with van der Waals surface area (Å²) in [6, 6.07) is 9.85. The summed E-state index contributed by atoms with van der Waals surface area (Å²) >= 11 is 1.47. The van der Waals surface area contributed by atoms with Gasteiger partial charge in [-0.2, -0.15) is 0 Å². The van der Waals surface area contributed by atoms with E-state index in [2.05, 4.69) is 26.8 Å². The summed E-state index contributed by atoms with van der Waals surface area (Å²) in [7, 11) is 4.01. The third kappa shape index (κ3) is 3.52. The Morgan fingerprint density at radius 1 is 1.15 bits per heavy atom. The van der Waals surface area contributed by atoms with Gasteiger partial charge in [-0.05, 0) is 24.5 Å². The van der Waals surface area contributed by atoms with Crippen LogP contribution >= 0.6 is 11.8 Å². The molecule has 6 nitrogen and oxygen atoms in total. The van der Waals surface area contributed by atoms with E-state index in [9.17, 15) is 0 Å². The first-order valence-electron chi connectivity index (χ1n) is 6.06. The predicted molar refractivity (Wildman–Crippen MR) is 85.7 cm³/mol. The largest absolute Gasteiger partial charge is 0.378 e. The summed E-state index contributed by atoms with van der Waals surface area (Å²) in [6.45, 7) is 0. The van der Waals surface area contributed by atoms with Crippen molar-refractivity contribution >= 4 is 34.8 Å². The molecule has 0 aliphatic rings. The number of hydrogen-bond acceptors (Lipinski definition) is 7. The van der Waals surface area contributed by atoms with Gasteiger partial charge in [0.1, 0.15) is 11.6 Å². The molecule has 0 aliphatic carbocycles. The maximum Gasteiger partial charge on any atom is 0.191 e. The van der Waals surface area contributed by atoms with Crippen LogP contribution in [-0.4, -0.2) is 30.3 Å². The first-order valence-corrected chi connectivity index (χ1v) is 7.29. The molecule has 0 fully saturated rings. The van der Waals surface area contributed by atoms with Gasteiger partial charge in [-0.3, -0.25) is 0 Å². The van der Waals surface area contributed by atoms with E-state index in [0.717, 1.165) is 11.4 Å². The van der Waals surface area contributed by atoms with Crippen molar-refractivity contribution in [3.8, 4) is 0 Å². The summed E-state index contributed by atoms with van der Waals surface area (Å²) in [5.74, 6) is 6.70. The average molecular weight is 290 g/mol. The van der Waals surface area contributed by atoms with Crippen LogP contribution in [0.5, 0.6) is 0 Å². The van der Waals surface area contributed by atoms with E-state index in [1.165, 1.54) is 11.8 Å². The highest BCUT2D eigenvalue weighted by Crippen LogP contribution is 2.23. The molecule has 0 radical (unpaired) electrons. The van der Waals surface area contributed by atoms with Crippen molar-refractivity contribution < 1.29 is 0 Å². The van der Waals surface area contributed by atoms with Gasteiger partial charge in [0.05, 0.1) is 0 Å². The molecule has 20 heavy (non-hydrogen) atoms. The van der Waals surface area contributed by atoms with E-state index in [1.807, 2.05) is 43.5 Å². The molecule has 1 aromatic heterocycles. The lowest BCUT2D eigenvalue weighted by molar-refractivity contribution is 0.971. The lowest BCUT2D eigenvalue weighted by Crippen LogP contribution is -2.10. The summed E-state index contributed by atoms with van der Waals surface area (Å²) in [5, 5.41) is 3.92. The third-order valence-electron chi connectivity index (χ3n) is 2.67. The Bertz CT molecular complexity index is 565. The van der Waals surface area contributed by atoms with Crippen LogP contribution in [0.2, 0.25) is 0 Å². The normalized spacial score (nSPS) is 10.2. The summed E-state index contributed by atoms with van der Waals surface area (Å²) < 4.78 is 0. The molecule has 0 spiro atoms. The van der Waals surface area contributed by atoms with Crippen molar-refractivity contribution in [1.29, 1.82) is 0 Å². The molecule has 0 bridgehead atoms. The zero-order chi connectivity index (χ0) is 14.5. The second kappa shape index (κ2) is 6.44. The zero-order valence-electron chi connectivity index (χ0n) is 11.7. The first kappa shape index (κ1) is 14.4. The standard InChI is InChI=1S/C13H18N6S/c1-19(2)10-6-4-5-9(7-10)15-11-8-12(18-14)17-13(16-11)20-3/h4-8H,14H2,1-3H3,(H2,15,16,17,18). The predicted octanol–water partition coefficient (Wildman–Crippen LogP) is 2.29. The van der Waals surface area contributed by atoms with Crippen molar-refractivity contribution in [3.05, 3.63) is 30.3 Å². The van der Waals surface area contributed by atoms with E-state index >= 15 is 0 Å². The lowest BCUT2D eigenvalue weighted by atomic mass is 10.2. The van der Waals surface area contributed by atoms with Crippen LogP contribution in [0.15, 0.2) is 35.5 Å². The monoisotopic (exact) mass is 290 g/mol. The van der Waals surface area contributed by atoms with Gasteiger partial charge in [0.25, 0.3) is 0 Å². The Kier molecular flexibility index (Phi) is 4.65. The van der Waals surface area contributed by atoms with E-state index in [4.69, 9.17) is 5.84 Å². The van der Waals surface area contributed by atoms with Gasteiger partial charge < -0.3 is 15.6 Å². The van der Waals surface area contributed by atoms with E-state index in [-0.39, 0.29) is 0 Å². The molecular formula is C13H18N6S. The number of thioether (sulfide) groups is 1. The van der Waals surface area contributed by atoms with Crippen molar-refractivity contribution in [3.63, 3.8) is 0 Å². The number of benzene rings is 1. The minimum atomic E-state index is 0.579. The van der Waals surface area contributed by atoms with Crippen LogP contribution in [0.3, 0.4) is 0 Å². The number of nitrogens with zero attached hydrogens (tertiary/aromatic N) is 3. The summed E-state index contributed by atoms with van der Waals surface area (Å²) in [6.07, 6.45) is 1.92. The molecule has 106 valence electrons. The number of rotatable bonds is 5. The lowest BCUT2D eigenvalue weighted by Gasteiger charge is -2.14. The van der Waals surface area contributed by atoms with Crippen molar-refractivity contribution in [2.75, 3.05) is 36.0 Å². The van der Waals surface area contributed by atoms with Crippen molar-refractivity contribution in [2.45, 2.75) is 5.16 Å². The minimum Gasteiger partial charge on any atom is -0.378 e. The number of hydrogen-bond donors (Lipinski definition) is 3. The highest BCUT2D eigenvalue weighted by atomic mass is 32.2. The van der Waals surface area contributed by atoms with Crippen LogP contribution in [0.4, 0.5) is 23.0 Å². The number of nitrogen functional groups attached to an aromatic ring is 1. The number of hydrazine groups is 1. The smallest absolute Gasteiger partial charge is 0.191 e. The SMILES string of the molecule is CSc1nc(NN)cc(Nc2cccc(N(C)C)c2)n1. The quantitative estimate of drug-likeness (QED) is 0.337. The van der Waals surface area contributed by atoms with Crippen molar-refractivity contribution in [1.82, 2.24) is 9.97 Å². The number of nitrogens with two attached hydrogens (primary N) is 1. The molecule has 7 heteroatoms. The Morgan fingerprint density at radius 3 is 2.55 bits per heavy atom. The number of nitrogens with one attached hydrogen (secondary N) is 2. The Morgan fingerprint density at radius 2 is 1.90 bits per heavy atom. The highest BCUT2D eigenvalue weighted by molar-refractivity contribution is 7.98. The van der Waals surface area contributed by atoms with Gasteiger partial charge in [0.15, 0.2) is 5.16 Å². The van der Waals surface area contributed by atoms with Crippen LogP contribution < -0.4 is 21.5 Å². The van der Waals surface area contributed by atoms with Crippen LogP contribution in [-0.2, 0) is 0 Å². The molecular weight excluding hydrogens is 272 g/mol. The third-order valence-corrected chi connectivity index (χ3v) is 3.22. The van der Waals surface area contributed by atoms with Gasteiger partial charge in [0.2, 0.25) is 0 Å². The maximum absolute atomic E-state index is 5.42. The molecule has 0 unspecified atom stereocenters. The van der Waals surface area contributed by atoms with E-state index in [0.29, 0.717) is 16.8 Å². The average Bonchev–Trinajstić information content (AvgIpc) is 2.47. The first-order chi connectivity index (χ1) is 9.62. The Labute approximate surface area is 122 Å².